The van der Waals surface area contributed by atoms with Crippen molar-refractivity contribution in [1.82, 2.24) is 10.5 Å². The Morgan fingerprint density at radius 2 is 1.91 bits per heavy atom. The van der Waals surface area contributed by atoms with Crippen LogP contribution in [0.4, 0.5) is 5.69 Å². The lowest BCUT2D eigenvalue weighted by Gasteiger charge is -2.11. The van der Waals surface area contributed by atoms with Gasteiger partial charge in [0.25, 0.3) is 11.8 Å². The van der Waals surface area contributed by atoms with Gasteiger partial charge in [-0.15, -0.1) is 12.4 Å². The van der Waals surface area contributed by atoms with Crippen molar-refractivity contribution in [2.45, 2.75) is 13.8 Å². The van der Waals surface area contributed by atoms with E-state index in [1.54, 1.807) is 38.1 Å². The van der Waals surface area contributed by atoms with E-state index < -0.39 is 0 Å². The molecule has 0 bridgehead atoms. The van der Waals surface area contributed by atoms with Gasteiger partial charge < -0.3 is 20.9 Å². The summed E-state index contributed by atoms with van der Waals surface area (Å²) in [5.74, 6) is -0.226. The van der Waals surface area contributed by atoms with Gasteiger partial charge in [-0.25, -0.2) is 0 Å². The first kappa shape index (κ1) is 18.7. The third-order valence-corrected chi connectivity index (χ3v) is 3.11. The average molecular weight is 339 g/mol. The van der Waals surface area contributed by atoms with E-state index in [9.17, 15) is 9.59 Å². The maximum absolute atomic E-state index is 12.3. The van der Waals surface area contributed by atoms with E-state index in [1.807, 2.05) is 0 Å². The number of nitrogens with two attached hydrogens (primary N) is 1. The summed E-state index contributed by atoms with van der Waals surface area (Å²) in [5, 5.41) is 9.14. The number of halogens is 1. The molecular formula is C15H19ClN4O3. The quantitative estimate of drug-likeness (QED) is 0.767. The van der Waals surface area contributed by atoms with Gasteiger partial charge in [0.1, 0.15) is 11.3 Å². The largest absolute Gasteiger partial charge is 0.361 e. The Morgan fingerprint density at radius 3 is 2.52 bits per heavy atom. The smallest absolute Gasteiger partial charge is 0.261 e. The first-order valence-electron chi connectivity index (χ1n) is 6.86. The second-order valence-electron chi connectivity index (χ2n) is 4.74. The van der Waals surface area contributed by atoms with Gasteiger partial charge in [-0.05, 0) is 26.0 Å². The number of rotatable bonds is 5. The fraction of sp³-hybridized carbons (Fsp3) is 0.267. The molecule has 0 atom stereocenters. The van der Waals surface area contributed by atoms with Crippen LogP contribution < -0.4 is 16.4 Å². The summed E-state index contributed by atoms with van der Waals surface area (Å²) in [6.07, 6.45) is 0. The number of nitrogens with zero attached hydrogens (tertiary/aromatic N) is 1. The minimum Gasteiger partial charge on any atom is -0.361 e. The molecule has 4 N–H and O–H groups in total. The highest BCUT2D eigenvalue weighted by molar-refractivity contribution is 6.09. The Kier molecular flexibility index (Phi) is 6.74. The zero-order chi connectivity index (χ0) is 16.1. The van der Waals surface area contributed by atoms with Crippen molar-refractivity contribution < 1.29 is 14.1 Å². The number of amides is 2. The average Bonchev–Trinajstić information content (AvgIpc) is 2.84. The normalized spacial score (nSPS) is 9.87. The number of para-hydroxylation sites is 1. The van der Waals surface area contributed by atoms with Crippen LogP contribution in [0.1, 0.15) is 32.2 Å². The van der Waals surface area contributed by atoms with Crippen molar-refractivity contribution in [2.75, 3.05) is 18.4 Å². The van der Waals surface area contributed by atoms with E-state index in [-0.39, 0.29) is 24.2 Å². The van der Waals surface area contributed by atoms with E-state index >= 15 is 0 Å². The van der Waals surface area contributed by atoms with Crippen LogP contribution in [0.2, 0.25) is 0 Å². The number of aryl methyl sites for hydroxylation is 2. The van der Waals surface area contributed by atoms with E-state index in [2.05, 4.69) is 15.8 Å². The van der Waals surface area contributed by atoms with Crippen molar-refractivity contribution in [3.8, 4) is 0 Å². The van der Waals surface area contributed by atoms with Crippen LogP contribution in [0.25, 0.3) is 0 Å². The molecule has 0 radical (unpaired) electrons. The summed E-state index contributed by atoms with van der Waals surface area (Å²) in [6, 6.07) is 6.76. The number of carbonyl (C=O) groups excluding carboxylic acids is 2. The molecular weight excluding hydrogens is 320 g/mol. The number of aromatic nitrogens is 1. The van der Waals surface area contributed by atoms with E-state index in [1.165, 1.54) is 0 Å². The Labute approximate surface area is 140 Å². The lowest BCUT2D eigenvalue weighted by Crippen LogP contribution is -2.30. The van der Waals surface area contributed by atoms with Crippen molar-refractivity contribution >= 4 is 29.9 Å². The third-order valence-electron chi connectivity index (χ3n) is 3.11. The Balaban J connectivity index is 0.00000264. The molecule has 0 saturated carbocycles. The van der Waals surface area contributed by atoms with Gasteiger partial charge in [0.15, 0.2) is 0 Å². The van der Waals surface area contributed by atoms with Crippen molar-refractivity contribution in [3.63, 3.8) is 0 Å². The monoisotopic (exact) mass is 338 g/mol. The van der Waals surface area contributed by atoms with Gasteiger partial charge in [0.05, 0.1) is 16.9 Å². The van der Waals surface area contributed by atoms with Crippen LogP contribution in [0, 0.1) is 13.8 Å². The number of hydrogen-bond donors (Lipinski definition) is 3. The predicted molar refractivity (Wildman–Crippen MR) is 89.0 cm³/mol. The van der Waals surface area contributed by atoms with Crippen LogP contribution in [0.5, 0.6) is 0 Å². The van der Waals surface area contributed by atoms with Crippen LogP contribution in [-0.2, 0) is 0 Å². The molecule has 0 unspecified atom stereocenters. The maximum Gasteiger partial charge on any atom is 0.261 e. The van der Waals surface area contributed by atoms with Crippen molar-refractivity contribution in [1.29, 1.82) is 0 Å². The Morgan fingerprint density at radius 1 is 1.22 bits per heavy atom. The summed E-state index contributed by atoms with van der Waals surface area (Å²) >= 11 is 0. The molecule has 0 aliphatic heterocycles. The first-order valence-corrected chi connectivity index (χ1v) is 6.86. The SMILES string of the molecule is Cc1noc(C)c1C(=O)Nc1ccccc1C(=O)NCCN.Cl. The van der Waals surface area contributed by atoms with Gasteiger partial charge >= 0.3 is 0 Å². The molecule has 23 heavy (non-hydrogen) atoms. The minimum atomic E-state index is -0.365. The maximum atomic E-state index is 12.3. The molecule has 1 aromatic carbocycles. The highest BCUT2D eigenvalue weighted by Gasteiger charge is 2.19. The number of nitrogens with one attached hydrogen (secondary N) is 2. The zero-order valence-corrected chi connectivity index (χ0v) is 13.7. The number of hydrogen-bond acceptors (Lipinski definition) is 5. The van der Waals surface area contributed by atoms with Gasteiger partial charge in [0.2, 0.25) is 0 Å². The lowest BCUT2D eigenvalue weighted by atomic mass is 10.1. The fourth-order valence-electron chi connectivity index (χ4n) is 2.06. The molecule has 0 spiro atoms. The zero-order valence-electron chi connectivity index (χ0n) is 12.9. The second-order valence-corrected chi connectivity index (χ2v) is 4.74. The summed E-state index contributed by atoms with van der Waals surface area (Å²) in [7, 11) is 0. The van der Waals surface area contributed by atoms with Crippen LogP contribution >= 0.6 is 12.4 Å². The molecule has 7 nitrogen and oxygen atoms in total. The second kappa shape index (κ2) is 8.30. The fourth-order valence-corrected chi connectivity index (χ4v) is 2.06. The van der Waals surface area contributed by atoms with Crippen molar-refractivity contribution in [2.24, 2.45) is 5.73 Å². The van der Waals surface area contributed by atoms with Crippen molar-refractivity contribution in [3.05, 3.63) is 46.8 Å². The Hall–Kier alpha value is -2.38. The predicted octanol–water partition coefficient (Wildman–Crippen LogP) is 1.65. The van der Waals surface area contributed by atoms with Crippen LogP contribution in [0.15, 0.2) is 28.8 Å². The van der Waals surface area contributed by atoms with Crippen LogP contribution in [0.3, 0.4) is 0 Å². The summed E-state index contributed by atoms with van der Waals surface area (Å²) in [6.45, 7) is 4.06. The molecule has 124 valence electrons. The molecule has 2 rings (SSSR count). The number of carbonyl (C=O) groups is 2. The van der Waals surface area contributed by atoms with Gasteiger partial charge in [-0.2, -0.15) is 0 Å². The molecule has 8 heteroatoms. The summed E-state index contributed by atoms with van der Waals surface area (Å²) < 4.78 is 4.98. The topological polar surface area (TPSA) is 110 Å². The molecule has 0 fully saturated rings. The summed E-state index contributed by atoms with van der Waals surface area (Å²) in [5.41, 5.74) is 7.03. The van der Waals surface area contributed by atoms with Gasteiger partial charge in [-0.3, -0.25) is 9.59 Å². The molecule has 2 aromatic rings. The molecule has 1 heterocycles. The van der Waals surface area contributed by atoms with E-state index in [0.717, 1.165) is 0 Å². The highest BCUT2D eigenvalue weighted by atomic mass is 35.5. The van der Waals surface area contributed by atoms with E-state index in [4.69, 9.17) is 10.3 Å². The molecule has 2 amide bonds. The number of benzene rings is 1. The lowest BCUT2D eigenvalue weighted by molar-refractivity contribution is 0.0955. The van der Waals surface area contributed by atoms with Crippen LogP contribution in [-0.4, -0.2) is 30.1 Å². The highest BCUT2D eigenvalue weighted by Crippen LogP contribution is 2.19. The first-order chi connectivity index (χ1) is 10.5. The molecule has 1 aromatic heterocycles. The molecule has 0 aliphatic rings. The standard InChI is InChI=1S/C15H18N4O3.ClH/c1-9-13(10(2)22-19-9)15(21)18-12-6-4-3-5-11(12)14(20)17-8-7-16;/h3-6H,7-8,16H2,1-2H3,(H,17,20)(H,18,21);1H. The summed E-state index contributed by atoms with van der Waals surface area (Å²) in [4.78, 5) is 24.4. The molecule has 0 aliphatic carbocycles. The van der Waals surface area contributed by atoms with Gasteiger partial charge in [0, 0.05) is 13.1 Å². The van der Waals surface area contributed by atoms with E-state index in [0.29, 0.717) is 41.4 Å². The minimum absolute atomic E-state index is 0. The molecule has 0 saturated heterocycles. The van der Waals surface area contributed by atoms with Gasteiger partial charge in [-0.1, -0.05) is 17.3 Å². The Bertz CT molecular complexity index is 680. The number of anilines is 1. The third kappa shape index (κ3) is 4.30.